The first-order valence-electron chi connectivity index (χ1n) is 6.34. The van der Waals surface area contributed by atoms with Gasteiger partial charge in [0.1, 0.15) is 6.26 Å². The van der Waals surface area contributed by atoms with Gasteiger partial charge in [0.05, 0.1) is 23.7 Å². The number of aliphatic carboxylic acids is 1. The Morgan fingerprint density at radius 3 is 2.95 bits per heavy atom. The first-order chi connectivity index (χ1) is 9.25. The topological polar surface area (TPSA) is 89.4 Å². The minimum Gasteiger partial charge on any atom is -0.481 e. The number of aromatic nitrogens is 2. The average molecular weight is 262 g/mol. The predicted octanol–water partition coefficient (Wildman–Crippen LogP) is 2.69. The highest BCUT2D eigenvalue weighted by atomic mass is 16.5. The Morgan fingerprint density at radius 1 is 1.37 bits per heavy atom. The van der Waals surface area contributed by atoms with Gasteiger partial charge in [0.15, 0.2) is 0 Å². The van der Waals surface area contributed by atoms with Crippen LogP contribution in [-0.4, -0.2) is 21.2 Å². The molecule has 1 N–H and O–H groups in total. The summed E-state index contributed by atoms with van der Waals surface area (Å²) in [6, 6.07) is 1.74. The van der Waals surface area contributed by atoms with Gasteiger partial charge in [-0.05, 0) is 18.9 Å². The van der Waals surface area contributed by atoms with Gasteiger partial charge in [-0.25, -0.2) is 0 Å². The van der Waals surface area contributed by atoms with Crippen LogP contribution in [0.2, 0.25) is 0 Å². The predicted molar refractivity (Wildman–Crippen MR) is 64.3 cm³/mol. The highest BCUT2D eigenvalue weighted by Crippen LogP contribution is 2.37. The van der Waals surface area contributed by atoms with E-state index in [1.54, 1.807) is 6.07 Å². The normalized spacial score (nSPS) is 23.4. The minimum absolute atomic E-state index is 0.181. The molecule has 0 spiro atoms. The van der Waals surface area contributed by atoms with Gasteiger partial charge in [-0.2, -0.15) is 4.98 Å². The molecule has 1 saturated carbocycles. The van der Waals surface area contributed by atoms with Crippen LogP contribution < -0.4 is 0 Å². The Labute approximate surface area is 109 Å². The fraction of sp³-hybridized carbons (Fsp3) is 0.462. The second-order valence-corrected chi connectivity index (χ2v) is 4.80. The van der Waals surface area contributed by atoms with Crippen molar-refractivity contribution in [2.24, 2.45) is 5.92 Å². The molecule has 0 amide bonds. The Bertz CT molecular complexity index is 561. The van der Waals surface area contributed by atoms with Crippen LogP contribution in [0, 0.1) is 5.92 Å². The summed E-state index contributed by atoms with van der Waals surface area (Å²) in [5.74, 6) is -0.527. The van der Waals surface area contributed by atoms with E-state index in [1.165, 1.54) is 12.5 Å². The summed E-state index contributed by atoms with van der Waals surface area (Å²) in [5.41, 5.74) is 0.734. The first-order valence-corrected chi connectivity index (χ1v) is 6.34. The van der Waals surface area contributed by atoms with E-state index in [9.17, 15) is 9.90 Å². The SMILES string of the molecule is O=C(O)C1CCCCC1c1nc(-c2ccoc2)no1. The van der Waals surface area contributed by atoms with E-state index in [0.29, 0.717) is 18.1 Å². The molecule has 2 aromatic heterocycles. The first kappa shape index (κ1) is 12.0. The molecule has 1 aliphatic rings. The van der Waals surface area contributed by atoms with E-state index < -0.39 is 11.9 Å². The number of furan rings is 1. The monoisotopic (exact) mass is 262 g/mol. The van der Waals surface area contributed by atoms with Gasteiger partial charge in [0.2, 0.25) is 11.7 Å². The largest absolute Gasteiger partial charge is 0.481 e. The number of carboxylic acids is 1. The minimum atomic E-state index is -0.784. The van der Waals surface area contributed by atoms with Gasteiger partial charge in [0, 0.05) is 0 Å². The number of carboxylic acid groups (broad SMARTS) is 1. The van der Waals surface area contributed by atoms with Crippen molar-refractivity contribution in [3.8, 4) is 11.4 Å². The molecule has 6 nitrogen and oxygen atoms in total. The van der Waals surface area contributed by atoms with Gasteiger partial charge < -0.3 is 14.0 Å². The molecule has 0 bridgehead atoms. The molecule has 0 aliphatic heterocycles. The second-order valence-electron chi connectivity index (χ2n) is 4.80. The van der Waals surface area contributed by atoms with Crippen LogP contribution in [0.15, 0.2) is 27.5 Å². The van der Waals surface area contributed by atoms with Gasteiger partial charge in [-0.1, -0.05) is 18.0 Å². The van der Waals surface area contributed by atoms with Crippen molar-refractivity contribution >= 4 is 5.97 Å². The highest BCUT2D eigenvalue weighted by molar-refractivity contribution is 5.71. The maximum Gasteiger partial charge on any atom is 0.307 e. The molecule has 2 atom stereocenters. The summed E-state index contributed by atoms with van der Waals surface area (Å²) < 4.78 is 10.2. The van der Waals surface area contributed by atoms with Crippen LogP contribution in [0.1, 0.15) is 37.5 Å². The van der Waals surface area contributed by atoms with Crippen LogP contribution in [0.3, 0.4) is 0 Å². The van der Waals surface area contributed by atoms with Gasteiger partial charge in [0.25, 0.3) is 0 Å². The molecule has 100 valence electrons. The van der Waals surface area contributed by atoms with Crippen molar-refractivity contribution < 1.29 is 18.8 Å². The third-order valence-corrected chi connectivity index (χ3v) is 3.62. The van der Waals surface area contributed by atoms with Gasteiger partial charge >= 0.3 is 5.97 Å². The molecular weight excluding hydrogens is 248 g/mol. The van der Waals surface area contributed by atoms with Crippen molar-refractivity contribution in [3.05, 3.63) is 24.5 Å². The Hall–Kier alpha value is -2.11. The van der Waals surface area contributed by atoms with Crippen molar-refractivity contribution in [1.82, 2.24) is 10.1 Å². The summed E-state index contributed by atoms with van der Waals surface area (Å²) in [7, 11) is 0. The maximum atomic E-state index is 11.3. The fourth-order valence-electron chi connectivity index (χ4n) is 2.62. The summed E-state index contributed by atoms with van der Waals surface area (Å²) >= 11 is 0. The Kier molecular flexibility index (Phi) is 3.06. The van der Waals surface area contributed by atoms with Crippen LogP contribution in [0.25, 0.3) is 11.4 Å². The zero-order valence-electron chi connectivity index (χ0n) is 10.3. The van der Waals surface area contributed by atoms with Crippen molar-refractivity contribution in [1.29, 1.82) is 0 Å². The highest BCUT2D eigenvalue weighted by Gasteiger charge is 2.35. The summed E-state index contributed by atoms with van der Waals surface area (Å²) in [6.45, 7) is 0. The number of nitrogens with zero attached hydrogens (tertiary/aromatic N) is 2. The summed E-state index contributed by atoms with van der Waals surface area (Å²) in [4.78, 5) is 15.6. The quantitative estimate of drug-likeness (QED) is 0.914. The second kappa shape index (κ2) is 4.87. The molecule has 3 rings (SSSR count). The molecule has 1 aliphatic carbocycles. The lowest BCUT2D eigenvalue weighted by atomic mass is 9.79. The van der Waals surface area contributed by atoms with E-state index in [0.717, 1.165) is 24.8 Å². The number of hydrogen-bond acceptors (Lipinski definition) is 5. The molecule has 0 radical (unpaired) electrons. The molecule has 2 heterocycles. The van der Waals surface area contributed by atoms with Gasteiger partial charge in [-0.15, -0.1) is 0 Å². The molecule has 1 fully saturated rings. The molecule has 0 saturated heterocycles. The fourth-order valence-corrected chi connectivity index (χ4v) is 2.62. The number of rotatable bonds is 3. The van der Waals surface area contributed by atoms with Crippen molar-refractivity contribution in [2.75, 3.05) is 0 Å². The number of carbonyl (C=O) groups is 1. The van der Waals surface area contributed by atoms with E-state index in [1.807, 2.05) is 0 Å². The summed E-state index contributed by atoms with van der Waals surface area (Å²) in [5, 5.41) is 13.1. The van der Waals surface area contributed by atoms with E-state index in [-0.39, 0.29) is 5.92 Å². The van der Waals surface area contributed by atoms with Crippen molar-refractivity contribution in [2.45, 2.75) is 31.6 Å². The molecule has 2 aromatic rings. The van der Waals surface area contributed by atoms with Crippen LogP contribution in [0.5, 0.6) is 0 Å². The Balaban J connectivity index is 1.87. The van der Waals surface area contributed by atoms with Gasteiger partial charge in [-0.3, -0.25) is 4.79 Å². The third kappa shape index (κ3) is 2.25. The van der Waals surface area contributed by atoms with Crippen LogP contribution >= 0.6 is 0 Å². The number of hydrogen-bond donors (Lipinski definition) is 1. The third-order valence-electron chi connectivity index (χ3n) is 3.62. The van der Waals surface area contributed by atoms with Crippen LogP contribution in [-0.2, 0) is 4.79 Å². The van der Waals surface area contributed by atoms with Crippen molar-refractivity contribution in [3.63, 3.8) is 0 Å². The summed E-state index contributed by atoms with van der Waals surface area (Å²) in [6.07, 6.45) is 6.46. The molecule has 6 heteroatoms. The lowest BCUT2D eigenvalue weighted by molar-refractivity contribution is -0.143. The zero-order chi connectivity index (χ0) is 13.2. The average Bonchev–Trinajstić information content (AvgIpc) is 3.09. The lowest BCUT2D eigenvalue weighted by Gasteiger charge is -2.25. The maximum absolute atomic E-state index is 11.3. The van der Waals surface area contributed by atoms with E-state index in [4.69, 9.17) is 8.94 Å². The molecule has 19 heavy (non-hydrogen) atoms. The smallest absolute Gasteiger partial charge is 0.307 e. The van der Waals surface area contributed by atoms with E-state index >= 15 is 0 Å². The zero-order valence-corrected chi connectivity index (χ0v) is 10.3. The molecule has 0 aromatic carbocycles. The van der Waals surface area contributed by atoms with Crippen LogP contribution in [0.4, 0.5) is 0 Å². The lowest BCUT2D eigenvalue weighted by Crippen LogP contribution is -2.25. The molecular formula is C13H14N2O4. The van der Waals surface area contributed by atoms with E-state index in [2.05, 4.69) is 10.1 Å². The Morgan fingerprint density at radius 2 is 2.21 bits per heavy atom. The molecule has 2 unspecified atom stereocenters. The standard InChI is InChI=1S/C13H14N2O4/c16-13(17)10-4-2-1-3-9(10)12-14-11(15-19-12)8-5-6-18-7-8/h5-7,9-10H,1-4H2,(H,16,17).